The van der Waals surface area contributed by atoms with Gasteiger partial charge in [-0.15, -0.1) is 0 Å². The van der Waals surface area contributed by atoms with Crippen molar-refractivity contribution in [3.05, 3.63) is 6.92 Å². The molecule has 0 saturated carbocycles. The van der Waals surface area contributed by atoms with E-state index < -0.39 is 0 Å². The van der Waals surface area contributed by atoms with Crippen LogP contribution in [0.4, 0.5) is 0 Å². The molecule has 0 bridgehead atoms. The summed E-state index contributed by atoms with van der Waals surface area (Å²) >= 11 is 3.99. The zero-order valence-electron chi connectivity index (χ0n) is 5.26. The van der Waals surface area contributed by atoms with Crippen molar-refractivity contribution in [3.63, 3.8) is 0 Å². The standard InChI is InChI=1S/C6H13OS/c1-3-6(2)7-4-5-8/h6,8H,1,3-5H2,2H3. The predicted octanol–water partition coefficient (Wildman–Crippen LogP) is 1.55. The Labute approximate surface area is 56.8 Å². The van der Waals surface area contributed by atoms with Crippen molar-refractivity contribution in [2.75, 3.05) is 12.4 Å². The molecule has 0 saturated heterocycles. The van der Waals surface area contributed by atoms with Gasteiger partial charge in [-0.2, -0.15) is 12.6 Å². The van der Waals surface area contributed by atoms with E-state index in [1.807, 2.05) is 6.92 Å². The lowest BCUT2D eigenvalue weighted by Crippen LogP contribution is -2.07. The lowest BCUT2D eigenvalue weighted by molar-refractivity contribution is 0.0804. The van der Waals surface area contributed by atoms with Gasteiger partial charge in [0.05, 0.1) is 12.7 Å². The van der Waals surface area contributed by atoms with Crippen molar-refractivity contribution in [2.45, 2.75) is 19.4 Å². The molecule has 0 N–H and O–H groups in total. The summed E-state index contributed by atoms with van der Waals surface area (Å²) in [6.07, 6.45) is 1.13. The second-order valence-electron chi connectivity index (χ2n) is 1.69. The zero-order chi connectivity index (χ0) is 6.41. The number of hydrogen-bond donors (Lipinski definition) is 1. The maximum absolute atomic E-state index is 5.20. The molecular formula is C6H13OS. The molecule has 49 valence electrons. The van der Waals surface area contributed by atoms with E-state index in [0.717, 1.165) is 18.8 Å². The minimum atomic E-state index is 0.294. The van der Waals surface area contributed by atoms with Crippen molar-refractivity contribution in [1.82, 2.24) is 0 Å². The van der Waals surface area contributed by atoms with Gasteiger partial charge in [0, 0.05) is 5.75 Å². The fraction of sp³-hybridized carbons (Fsp3) is 0.833. The summed E-state index contributed by atoms with van der Waals surface area (Å²) in [5.74, 6) is 0.796. The molecule has 1 atom stereocenters. The first kappa shape index (κ1) is 8.31. The highest BCUT2D eigenvalue weighted by Crippen LogP contribution is 1.94. The number of hydrogen-bond acceptors (Lipinski definition) is 2. The van der Waals surface area contributed by atoms with Crippen molar-refractivity contribution >= 4 is 12.6 Å². The quantitative estimate of drug-likeness (QED) is 0.572. The molecule has 0 aromatic heterocycles. The molecule has 0 rings (SSSR count). The van der Waals surface area contributed by atoms with Gasteiger partial charge >= 0.3 is 0 Å². The summed E-state index contributed by atoms with van der Waals surface area (Å²) in [5.41, 5.74) is 0. The van der Waals surface area contributed by atoms with Gasteiger partial charge in [0.15, 0.2) is 0 Å². The van der Waals surface area contributed by atoms with Gasteiger partial charge in [0.2, 0.25) is 0 Å². The fourth-order valence-electron chi connectivity index (χ4n) is 0.337. The SMILES string of the molecule is [CH2]CC(C)OCCS. The average molecular weight is 133 g/mol. The van der Waals surface area contributed by atoms with Gasteiger partial charge in [-0.1, -0.05) is 6.92 Å². The Bertz CT molecular complexity index is 47.8. The van der Waals surface area contributed by atoms with Crippen molar-refractivity contribution in [1.29, 1.82) is 0 Å². The van der Waals surface area contributed by atoms with Crippen LogP contribution < -0.4 is 0 Å². The maximum Gasteiger partial charge on any atom is 0.0557 e. The molecule has 0 heterocycles. The molecule has 0 aliphatic rings. The Kier molecular flexibility index (Phi) is 5.66. The zero-order valence-corrected chi connectivity index (χ0v) is 6.16. The van der Waals surface area contributed by atoms with Gasteiger partial charge < -0.3 is 4.74 Å². The highest BCUT2D eigenvalue weighted by atomic mass is 32.1. The van der Waals surface area contributed by atoms with Gasteiger partial charge in [-0.05, 0) is 13.3 Å². The summed E-state index contributed by atoms with van der Waals surface area (Å²) in [5, 5.41) is 0. The highest BCUT2D eigenvalue weighted by molar-refractivity contribution is 7.80. The van der Waals surface area contributed by atoms with Crippen LogP contribution in [0.1, 0.15) is 13.3 Å². The van der Waals surface area contributed by atoms with Crippen LogP contribution in [-0.4, -0.2) is 18.5 Å². The summed E-state index contributed by atoms with van der Waals surface area (Å²) in [6.45, 7) is 6.43. The largest absolute Gasteiger partial charge is 0.378 e. The molecule has 0 aromatic rings. The normalized spacial score (nSPS) is 13.9. The Morgan fingerprint density at radius 3 is 2.75 bits per heavy atom. The molecule has 2 heteroatoms. The molecule has 0 aromatic carbocycles. The smallest absolute Gasteiger partial charge is 0.0557 e. The lowest BCUT2D eigenvalue weighted by Gasteiger charge is -2.07. The molecule has 0 spiro atoms. The van der Waals surface area contributed by atoms with E-state index in [4.69, 9.17) is 4.74 Å². The van der Waals surface area contributed by atoms with Crippen molar-refractivity contribution < 1.29 is 4.74 Å². The van der Waals surface area contributed by atoms with Gasteiger partial charge in [0.25, 0.3) is 0 Å². The van der Waals surface area contributed by atoms with Crippen molar-refractivity contribution in [2.24, 2.45) is 0 Å². The Hall–Kier alpha value is 0.310. The number of rotatable bonds is 4. The predicted molar refractivity (Wildman–Crippen MR) is 39.2 cm³/mol. The first-order chi connectivity index (χ1) is 3.81. The molecule has 8 heavy (non-hydrogen) atoms. The van der Waals surface area contributed by atoms with Crippen LogP contribution >= 0.6 is 12.6 Å². The van der Waals surface area contributed by atoms with Crippen LogP contribution in [0.25, 0.3) is 0 Å². The molecule has 1 radical (unpaired) electrons. The maximum atomic E-state index is 5.20. The van der Waals surface area contributed by atoms with E-state index in [9.17, 15) is 0 Å². The average Bonchev–Trinajstić information content (AvgIpc) is 1.83. The summed E-state index contributed by atoms with van der Waals surface area (Å²) in [6, 6.07) is 0. The van der Waals surface area contributed by atoms with Gasteiger partial charge in [0.1, 0.15) is 0 Å². The summed E-state index contributed by atoms with van der Waals surface area (Å²) in [7, 11) is 0. The minimum absolute atomic E-state index is 0.294. The lowest BCUT2D eigenvalue weighted by atomic mass is 10.3. The van der Waals surface area contributed by atoms with Crippen LogP contribution in [0, 0.1) is 6.92 Å². The second kappa shape index (κ2) is 5.45. The van der Waals surface area contributed by atoms with E-state index in [1.54, 1.807) is 0 Å². The molecule has 0 aliphatic heterocycles. The van der Waals surface area contributed by atoms with Crippen LogP contribution in [0.3, 0.4) is 0 Å². The highest BCUT2D eigenvalue weighted by Gasteiger charge is 1.94. The van der Waals surface area contributed by atoms with Crippen LogP contribution in [-0.2, 0) is 4.74 Å². The molecule has 0 fully saturated rings. The van der Waals surface area contributed by atoms with E-state index in [-0.39, 0.29) is 0 Å². The third kappa shape index (κ3) is 4.47. The van der Waals surface area contributed by atoms with Crippen LogP contribution in [0.5, 0.6) is 0 Å². The van der Waals surface area contributed by atoms with Crippen molar-refractivity contribution in [3.8, 4) is 0 Å². The molecule has 1 nitrogen and oxygen atoms in total. The van der Waals surface area contributed by atoms with E-state index in [2.05, 4.69) is 19.6 Å². The number of thiol groups is 1. The second-order valence-corrected chi connectivity index (χ2v) is 2.14. The first-order valence-corrected chi connectivity index (χ1v) is 3.46. The Balaban J connectivity index is 2.86. The fourth-order valence-corrected chi connectivity index (χ4v) is 0.443. The summed E-state index contributed by atoms with van der Waals surface area (Å²) in [4.78, 5) is 0. The monoisotopic (exact) mass is 133 g/mol. The Morgan fingerprint density at radius 2 is 2.38 bits per heavy atom. The van der Waals surface area contributed by atoms with Crippen LogP contribution in [0.2, 0.25) is 0 Å². The molecule has 0 amide bonds. The third-order valence-electron chi connectivity index (χ3n) is 0.900. The first-order valence-electron chi connectivity index (χ1n) is 2.83. The molecular weight excluding hydrogens is 120 g/mol. The molecule has 1 unspecified atom stereocenters. The number of ether oxygens (including phenoxy) is 1. The van der Waals surface area contributed by atoms with Gasteiger partial charge in [-0.3, -0.25) is 0 Å². The van der Waals surface area contributed by atoms with Gasteiger partial charge in [-0.25, -0.2) is 0 Å². The molecule has 0 aliphatic carbocycles. The van der Waals surface area contributed by atoms with E-state index >= 15 is 0 Å². The van der Waals surface area contributed by atoms with Crippen LogP contribution in [0.15, 0.2) is 0 Å². The summed E-state index contributed by atoms with van der Waals surface area (Å²) < 4.78 is 5.20. The topological polar surface area (TPSA) is 9.23 Å². The third-order valence-corrected chi connectivity index (χ3v) is 1.08. The Morgan fingerprint density at radius 1 is 1.75 bits per heavy atom. The van der Waals surface area contributed by atoms with E-state index in [1.165, 1.54) is 0 Å². The van der Waals surface area contributed by atoms with E-state index in [0.29, 0.717) is 6.10 Å². The minimum Gasteiger partial charge on any atom is -0.378 e.